The lowest BCUT2D eigenvalue weighted by molar-refractivity contribution is 0.874. The predicted molar refractivity (Wildman–Crippen MR) is 122 cm³/mol. The Morgan fingerprint density at radius 1 is 0.821 bits per heavy atom. The molecule has 3 aromatic carbocycles. The average molecular weight is 364 g/mol. The zero-order valence-electron chi connectivity index (χ0n) is 16.3. The van der Waals surface area contributed by atoms with Crippen LogP contribution in [0.15, 0.2) is 89.9 Å². The van der Waals surface area contributed by atoms with Gasteiger partial charge in [-0.05, 0) is 53.8 Å². The molecule has 0 spiro atoms. The fourth-order valence-corrected chi connectivity index (χ4v) is 2.86. The molecule has 0 unspecified atom stereocenters. The second-order valence-electron chi connectivity index (χ2n) is 6.62. The lowest BCUT2D eigenvalue weighted by atomic mass is 10.0. The third-order valence-electron chi connectivity index (χ3n) is 4.47. The molecule has 0 aliphatic heterocycles. The van der Waals surface area contributed by atoms with Crippen LogP contribution in [0.2, 0.25) is 0 Å². The van der Waals surface area contributed by atoms with Crippen molar-refractivity contribution in [1.82, 2.24) is 0 Å². The molecular formula is C27H25N. The Labute approximate surface area is 168 Å². The molecule has 0 aliphatic carbocycles. The van der Waals surface area contributed by atoms with Crippen LogP contribution in [0.5, 0.6) is 0 Å². The minimum absolute atomic E-state index is 0.805. The second-order valence-corrected chi connectivity index (χ2v) is 6.62. The molecule has 138 valence electrons. The first-order valence-electron chi connectivity index (χ1n) is 9.69. The second kappa shape index (κ2) is 10.7. The largest absolute Gasteiger partial charge is 0.293 e. The number of unbranched alkanes of at least 4 members (excludes halogenated alkanes) is 1. The molecule has 0 saturated heterocycles. The van der Waals surface area contributed by atoms with Crippen molar-refractivity contribution in [2.45, 2.75) is 19.8 Å². The fraction of sp³-hybridized carbons (Fsp3) is 0.148. The van der Waals surface area contributed by atoms with Gasteiger partial charge in [-0.15, -0.1) is 0 Å². The Morgan fingerprint density at radius 2 is 1.54 bits per heavy atom. The number of nitrogens with zero attached hydrogens (tertiary/aromatic N) is 1. The van der Waals surface area contributed by atoms with E-state index in [0.29, 0.717) is 0 Å². The summed E-state index contributed by atoms with van der Waals surface area (Å²) in [6.45, 7) is 2.92. The van der Waals surface area contributed by atoms with Gasteiger partial charge in [0.2, 0.25) is 0 Å². The van der Waals surface area contributed by atoms with E-state index in [-0.39, 0.29) is 0 Å². The quantitative estimate of drug-likeness (QED) is 0.266. The molecule has 0 aliphatic rings. The first kappa shape index (κ1) is 19.4. The number of aliphatic imine (C=N–C) groups is 1. The lowest BCUT2D eigenvalue weighted by Gasteiger charge is -2.00. The third-order valence-corrected chi connectivity index (χ3v) is 4.47. The summed E-state index contributed by atoms with van der Waals surface area (Å²) >= 11 is 0. The van der Waals surface area contributed by atoms with Gasteiger partial charge in [-0.1, -0.05) is 84.6 Å². The molecule has 3 rings (SSSR count). The summed E-state index contributed by atoms with van der Waals surface area (Å²) in [6.07, 6.45) is 7.81. The van der Waals surface area contributed by atoms with Gasteiger partial charge in [0.25, 0.3) is 0 Å². The average Bonchev–Trinajstić information content (AvgIpc) is 2.75. The molecular weight excluding hydrogens is 338 g/mol. The van der Waals surface area contributed by atoms with Crippen LogP contribution in [0.3, 0.4) is 0 Å². The maximum atomic E-state index is 4.43. The zero-order chi connectivity index (χ0) is 19.4. The van der Waals surface area contributed by atoms with E-state index in [1.807, 2.05) is 18.4 Å². The summed E-state index contributed by atoms with van der Waals surface area (Å²) in [5.41, 5.74) is 6.03. The molecule has 1 heteroatoms. The van der Waals surface area contributed by atoms with Crippen LogP contribution in [-0.4, -0.2) is 12.8 Å². The molecule has 28 heavy (non-hydrogen) atoms. The van der Waals surface area contributed by atoms with Crippen molar-refractivity contribution < 1.29 is 0 Å². The molecule has 0 radical (unpaired) electrons. The summed E-state index contributed by atoms with van der Waals surface area (Å²) in [4.78, 5) is 4.43. The highest BCUT2D eigenvalue weighted by molar-refractivity contribution is 5.78. The summed E-state index contributed by atoms with van der Waals surface area (Å²) in [5, 5.41) is 0. The van der Waals surface area contributed by atoms with E-state index in [4.69, 9.17) is 0 Å². The van der Waals surface area contributed by atoms with E-state index in [1.165, 1.54) is 22.3 Å². The number of rotatable bonds is 6. The Kier molecular flexibility index (Phi) is 7.41. The predicted octanol–water partition coefficient (Wildman–Crippen LogP) is 6.58. The topological polar surface area (TPSA) is 12.4 Å². The first-order valence-corrected chi connectivity index (χ1v) is 9.69. The molecule has 3 aromatic rings. The zero-order valence-corrected chi connectivity index (χ0v) is 16.3. The van der Waals surface area contributed by atoms with Gasteiger partial charge in [0.1, 0.15) is 0 Å². The standard InChI is InChI=1S/C27H25N/c1-23-11-7-8-13-25(23)16-10-22-28-21-9-3-4-12-24-17-19-27(20-18-24)26-14-5-2-6-15-26/h2,5-8,10-11,13-20,22H,3,9,21H2,1H3/b16-10-,28-22?. The van der Waals surface area contributed by atoms with E-state index in [0.717, 1.165) is 24.9 Å². The molecule has 0 aromatic heterocycles. The molecule has 0 bridgehead atoms. The van der Waals surface area contributed by atoms with Gasteiger partial charge in [-0.25, -0.2) is 0 Å². The van der Waals surface area contributed by atoms with Gasteiger partial charge in [0, 0.05) is 24.7 Å². The van der Waals surface area contributed by atoms with E-state index >= 15 is 0 Å². The number of benzene rings is 3. The highest BCUT2D eigenvalue weighted by Crippen LogP contribution is 2.18. The summed E-state index contributed by atoms with van der Waals surface area (Å²) in [6, 6.07) is 27.2. The van der Waals surface area contributed by atoms with Crippen molar-refractivity contribution in [3.63, 3.8) is 0 Å². The van der Waals surface area contributed by atoms with Crippen LogP contribution in [0.4, 0.5) is 0 Å². The van der Waals surface area contributed by atoms with E-state index < -0.39 is 0 Å². The van der Waals surface area contributed by atoms with Gasteiger partial charge in [-0.3, -0.25) is 4.99 Å². The Bertz CT molecular complexity index is 984. The van der Waals surface area contributed by atoms with Crippen LogP contribution in [0.1, 0.15) is 29.5 Å². The number of allylic oxidation sites excluding steroid dienone is 1. The third kappa shape index (κ3) is 6.11. The SMILES string of the molecule is Cc1ccccc1/C=C\C=NCCCC#Cc1ccc(-c2ccccc2)cc1. The normalized spacial score (nSPS) is 10.9. The van der Waals surface area contributed by atoms with Crippen molar-refractivity contribution >= 4 is 12.3 Å². The van der Waals surface area contributed by atoms with Gasteiger partial charge in [0.05, 0.1) is 0 Å². The lowest BCUT2D eigenvalue weighted by Crippen LogP contribution is -1.82. The summed E-state index contributed by atoms with van der Waals surface area (Å²) in [5.74, 6) is 6.48. The molecule has 0 saturated carbocycles. The summed E-state index contributed by atoms with van der Waals surface area (Å²) < 4.78 is 0. The van der Waals surface area contributed by atoms with Crippen molar-refractivity contribution in [3.05, 3.63) is 102 Å². The van der Waals surface area contributed by atoms with Gasteiger partial charge >= 0.3 is 0 Å². The van der Waals surface area contributed by atoms with Crippen LogP contribution in [0.25, 0.3) is 17.2 Å². The van der Waals surface area contributed by atoms with Crippen LogP contribution in [-0.2, 0) is 0 Å². The Balaban J connectivity index is 1.40. The number of aryl methyl sites for hydroxylation is 1. The summed E-state index contributed by atoms with van der Waals surface area (Å²) in [7, 11) is 0. The molecule has 1 nitrogen and oxygen atoms in total. The minimum atomic E-state index is 0.805. The molecule has 0 atom stereocenters. The van der Waals surface area contributed by atoms with Crippen molar-refractivity contribution in [2.24, 2.45) is 4.99 Å². The van der Waals surface area contributed by atoms with Crippen molar-refractivity contribution in [2.75, 3.05) is 6.54 Å². The van der Waals surface area contributed by atoms with Crippen molar-refractivity contribution in [3.8, 4) is 23.0 Å². The van der Waals surface area contributed by atoms with Gasteiger partial charge in [-0.2, -0.15) is 0 Å². The molecule has 0 amide bonds. The maximum Gasteiger partial charge on any atom is 0.0398 e. The fourth-order valence-electron chi connectivity index (χ4n) is 2.86. The Hall–Kier alpha value is -3.37. The molecule has 0 heterocycles. The van der Waals surface area contributed by atoms with E-state index in [2.05, 4.69) is 103 Å². The van der Waals surface area contributed by atoms with Gasteiger partial charge < -0.3 is 0 Å². The van der Waals surface area contributed by atoms with E-state index in [9.17, 15) is 0 Å². The monoisotopic (exact) mass is 363 g/mol. The minimum Gasteiger partial charge on any atom is -0.293 e. The molecule has 0 fully saturated rings. The maximum absolute atomic E-state index is 4.43. The van der Waals surface area contributed by atoms with E-state index in [1.54, 1.807) is 0 Å². The smallest absolute Gasteiger partial charge is 0.0398 e. The highest BCUT2D eigenvalue weighted by atomic mass is 14.7. The number of hydrogen-bond acceptors (Lipinski definition) is 1. The Morgan fingerprint density at radius 3 is 2.32 bits per heavy atom. The van der Waals surface area contributed by atoms with Crippen LogP contribution in [0, 0.1) is 18.8 Å². The van der Waals surface area contributed by atoms with Crippen molar-refractivity contribution in [1.29, 1.82) is 0 Å². The van der Waals surface area contributed by atoms with Crippen LogP contribution >= 0.6 is 0 Å². The number of hydrogen-bond donors (Lipinski definition) is 0. The van der Waals surface area contributed by atoms with Crippen LogP contribution < -0.4 is 0 Å². The highest BCUT2D eigenvalue weighted by Gasteiger charge is 1.95. The first-order chi connectivity index (χ1) is 13.8. The van der Waals surface area contributed by atoms with Gasteiger partial charge in [0.15, 0.2) is 0 Å². The molecule has 0 N–H and O–H groups in total.